The number of ether oxygens (including phenoxy) is 1. The van der Waals surface area contributed by atoms with E-state index in [2.05, 4.69) is 5.32 Å². The van der Waals surface area contributed by atoms with Gasteiger partial charge in [0.25, 0.3) is 5.91 Å². The fourth-order valence-electron chi connectivity index (χ4n) is 2.73. The highest BCUT2D eigenvalue weighted by Crippen LogP contribution is 2.20. The Morgan fingerprint density at radius 2 is 1.55 bits per heavy atom. The molecule has 9 nitrogen and oxygen atoms in total. The molecule has 0 spiro atoms. The molecule has 0 fully saturated rings. The van der Waals surface area contributed by atoms with Crippen molar-refractivity contribution >= 4 is 29.4 Å². The molecule has 0 saturated heterocycles. The summed E-state index contributed by atoms with van der Waals surface area (Å²) in [5, 5.41) is 12.2. The van der Waals surface area contributed by atoms with Gasteiger partial charge in [0.1, 0.15) is 12.6 Å². The second-order valence-corrected chi connectivity index (χ2v) is 6.90. The Labute approximate surface area is 179 Å². The number of carboxylic acids is 1. The topological polar surface area (TPSA) is 139 Å². The van der Waals surface area contributed by atoms with Gasteiger partial charge in [-0.25, -0.2) is 9.59 Å². The summed E-state index contributed by atoms with van der Waals surface area (Å²) in [6.45, 7) is 2.67. The van der Waals surface area contributed by atoms with Crippen LogP contribution in [-0.2, 0) is 30.5 Å². The molecule has 0 unspecified atom stereocenters. The second kappa shape index (κ2) is 10.9. The number of esters is 1. The molecule has 0 aliphatic carbocycles. The van der Waals surface area contributed by atoms with E-state index in [1.807, 2.05) is 0 Å². The van der Waals surface area contributed by atoms with Crippen LogP contribution in [0.25, 0.3) is 0 Å². The molecule has 4 N–H and O–H groups in total. The standard InChI is InChI=1S/C22H25N3O6/c1-14(23)19(26)24-15(2)20(27)25(17-11-7-4-8-12-17)18(21(28)29)22(30)31-13-16-9-5-3-6-10-16/h3-12,14-15,18H,13,23H2,1-2H3,(H,24,26)(H,28,29)/t14-,15-,18+/m0/s1. The molecule has 2 amide bonds. The normalized spacial score (nSPS) is 13.4. The van der Waals surface area contributed by atoms with E-state index in [4.69, 9.17) is 10.5 Å². The SMILES string of the molecule is C[C@H](N)C(=O)N[C@@H](C)C(=O)N(c1ccccc1)[C@H](C(=O)O)C(=O)OCc1ccccc1. The molecule has 0 aliphatic heterocycles. The molecule has 0 bridgehead atoms. The van der Waals surface area contributed by atoms with Gasteiger partial charge >= 0.3 is 11.9 Å². The summed E-state index contributed by atoms with van der Waals surface area (Å²) in [7, 11) is 0. The number of nitrogens with two attached hydrogens (primary N) is 1. The summed E-state index contributed by atoms with van der Waals surface area (Å²) in [6, 6.07) is 12.6. The number of hydrogen-bond acceptors (Lipinski definition) is 6. The van der Waals surface area contributed by atoms with Crippen LogP contribution in [0.5, 0.6) is 0 Å². The van der Waals surface area contributed by atoms with Gasteiger partial charge in [0.05, 0.1) is 6.04 Å². The highest BCUT2D eigenvalue weighted by molar-refractivity contribution is 6.12. The van der Waals surface area contributed by atoms with Gasteiger partial charge in [-0.2, -0.15) is 0 Å². The number of hydrogen-bond donors (Lipinski definition) is 3. The zero-order valence-corrected chi connectivity index (χ0v) is 17.2. The maximum absolute atomic E-state index is 13.1. The number of nitrogens with zero attached hydrogens (tertiary/aromatic N) is 1. The molecule has 0 heterocycles. The zero-order valence-electron chi connectivity index (χ0n) is 17.2. The Morgan fingerprint density at radius 1 is 1.00 bits per heavy atom. The molecule has 31 heavy (non-hydrogen) atoms. The number of carboxylic acid groups (broad SMARTS) is 1. The lowest BCUT2D eigenvalue weighted by atomic mass is 10.1. The smallest absolute Gasteiger partial charge is 0.341 e. The Balaban J connectivity index is 2.32. The zero-order chi connectivity index (χ0) is 23.0. The van der Waals surface area contributed by atoms with Crippen LogP contribution in [0.4, 0.5) is 5.69 Å². The van der Waals surface area contributed by atoms with Gasteiger partial charge in [-0.05, 0) is 31.5 Å². The van der Waals surface area contributed by atoms with E-state index in [1.165, 1.54) is 26.0 Å². The molecule has 164 valence electrons. The van der Waals surface area contributed by atoms with Crippen LogP contribution < -0.4 is 16.0 Å². The average Bonchev–Trinajstić information content (AvgIpc) is 2.76. The molecule has 2 aromatic carbocycles. The lowest BCUT2D eigenvalue weighted by Gasteiger charge is -2.30. The molecule has 0 aliphatic rings. The van der Waals surface area contributed by atoms with Crippen molar-refractivity contribution in [3.63, 3.8) is 0 Å². The van der Waals surface area contributed by atoms with Crippen LogP contribution in [0, 0.1) is 0 Å². The fraction of sp³-hybridized carbons (Fsp3) is 0.273. The first-order valence-corrected chi connectivity index (χ1v) is 9.59. The Morgan fingerprint density at radius 3 is 2.06 bits per heavy atom. The number of rotatable bonds is 9. The third kappa shape index (κ3) is 6.38. The average molecular weight is 427 g/mol. The van der Waals surface area contributed by atoms with Gasteiger partial charge in [0, 0.05) is 5.69 Å². The maximum atomic E-state index is 13.1. The van der Waals surface area contributed by atoms with Crippen molar-refractivity contribution < 1.29 is 29.0 Å². The predicted octanol–water partition coefficient (Wildman–Crippen LogP) is 1.07. The second-order valence-electron chi connectivity index (χ2n) is 6.90. The van der Waals surface area contributed by atoms with Crippen molar-refractivity contribution in [3.05, 3.63) is 66.2 Å². The van der Waals surface area contributed by atoms with Gasteiger partial charge < -0.3 is 20.9 Å². The van der Waals surface area contributed by atoms with Crippen molar-refractivity contribution in [3.8, 4) is 0 Å². The fourth-order valence-corrected chi connectivity index (χ4v) is 2.73. The molecule has 9 heteroatoms. The first-order valence-electron chi connectivity index (χ1n) is 9.59. The van der Waals surface area contributed by atoms with Crippen molar-refractivity contribution in [1.82, 2.24) is 5.32 Å². The molecule has 0 aromatic heterocycles. The van der Waals surface area contributed by atoms with Gasteiger partial charge in [-0.1, -0.05) is 48.5 Å². The largest absolute Gasteiger partial charge is 0.479 e. The molecule has 2 aromatic rings. The first-order chi connectivity index (χ1) is 14.7. The van der Waals surface area contributed by atoms with Crippen molar-refractivity contribution in [2.45, 2.75) is 38.6 Å². The Kier molecular flexibility index (Phi) is 8.27. The number of nitrogens with one attached hydrogen (secondary N) is 1. The molecule has 3 atom stereocenters. The minimum Gasteiger partial charge on any atom is -0.479 e. The molecular formula is C22H25N3O6. The van der Waals surface area contributed by atoms with Crippen LogP contribution in [0.3, 0.4) is 0 Å². The van der Waals surface area contributed by atoms with E-state index in [9.17, 15) is 24.3 Å². The van der Waals surface area contributed by atoms with Crippen LogP contribution in [-0.4, -0.2) is 47.0 Å². The number of carbonyl (C=O) groups is 4. The first kappa shape index (κ1) is 23.6. The number of amides is 2. The predicted molar refractivity (Wildman–Crippen MR) is 113 cm³/mol. The van der Waals surface area contributed by atoms with Crippen LogP contribution in [0.15, 0.2) is 60.7 Å². The number of benzene rings is 2. The van der Waals surface area contributed by atoms with Gasteiger partial charge in [-0.3, -0.25) is 14.5 Å². The third-order valence-electron chi connectivity index (χ3n) is 4.35. The Bertz CT molecular complexity index is 917. The van der Waals surface area contributed by atoms with Crippen LogP contribution in [0.1, 0.15) is 19.4 Å². The lowest BCUT2D eigenvalue weighted by Crippen LogP contribution is -2.57. The minimum absolute atomic E-state index is 0.156. The van der Waals surface area contributed by atoms with E-state index in [1.54, 1.807) is 48.5 Å². The Hall–Kier alpha value is -3.72. The summed E-state index contributed by atoms with van der Waals surface area (Å²) in [6.07, 6.45) is 0. The highest BCUT2D eigenvalue weighted by atomic mass is 16.5. The van der Waals surface area contributed by atoms with E-state index >= 15 is 0 Å². The summed E-state index contributed by atoms with van der Waals surface area (Å²) in [5.41, 5.74) is 6.34. The molecular weight excluding hydrogens is 402 g/mol. The number of para-hydroxylation sites is 1. The van der Waals surface area contributed by atoms with Gasteiger partial charge in [0.2, 0.25) is 11.9 Å². The summed E-state index contributed by atoms with van der Waals surface area (Å²) >= 11 is 0. The van der Waals surface area contributed by atoms with E-state index < -0.39 is 41.9 Å². The minimum atomic E-state index is -1.95. The highest BCUT2D eigenvalue weighted by Gasteiger charge is 2.40. The third-order valence-corrected chi connectivity index (χ3v) is 4.35. The van der Waals surface area contributed by atoms with Gasteiger partial charge in [0.15, 0.2) is 0 Å². The summed E-state index contributed by atoms with van der Waals surface area (Å²) in [4.78, 5) is 50.6. The monoisotopic (exact) mass is 427 g/mol. The molecule has 0 radical (unpaired) electrons. The summed E-state index contributed by atoms with van der Waals surface area (Å²) < 4.78 is 5.18. The molecule has 2 rings (SSSR count). The summed E-state index contributed by atoms with van der Waals surface area (Å²) in [5.74, 6) is -4.07. The van der Waals surface area contributed by atoms with Crippen LogP contribution in [0.2, 0.25) is 0 Å². The van der Waals surface area contributed by atoms with E-state index in [0.717, 1.165) is 4.90 Å². The van der Waals surface area contributed by atoms with E-state index in [0.29, 0.717) is 5.56 Å². The maximum Gasteiger partial charge on any atom is 0.341 e. The number of carbonyl (C=O) groups excluding carboxylic acids is 3. The molecule has 0 saturated carbocycles. The van der Waals surface area contributed by atoms with Crippen molar-refractivity contribution in [2.24, 2.45) is 5.73 Å². The van der Waals surface area contributed by atoms with E-state index in [-0.39, 0.29) is 12.3 Å². The van der Waals surface area contributed by atoms with Gasteiger partial charge in [-0.15, -0.1) is 0 Å². The van der Waals surface area contributed by atoms with Crippen LogP contribution >= 0.6 is 0 Å². The lowest BCUT2D eigenvalue weighted by molar-refractivity contribution is -0.156. The number of aliphatic carboxylic acids is 1. The quantitative estimate of drug-likeness (QED) is 0.402. The van der Waals surface area contributed by atoms with Crippen molar-refractivity contribution in [2.75, 3.05) is 4.90 Å². The van der Waals surface area contributed by atoms with Crippen molar-refractivity contribution in [1.29, 1.82) is 0 Å². The number of anilines is 1.